The average molecular weight is 636 g/mol. The summed E-state index contributed by atoms with van der Waals surface area (Å²) in [6.07, 6.45) is 0. The number of aliphatic imine (C=N–C) groups is 2. The zero-order valence-electron chi connectivity index (χ0n) is 25.9. The van der Waals surface area contributed by atoms with E-state index in [4.69, 9.17) is 20.1 Å². The second kappa shape index (κ2) is 11.6. The molecule has 0 bridgehead atoms. The third-order valence-electron chi connectivity index (χ3n) is 8.99. The van der Waals surface area contributed by atoms with Gasteiger partial charge in [-0.05, 0) is 52.2 Å². The molecule has 0 aliphatic carbocycles. The highest BCUT2D eigenvalue weighted by Crippen LogP contribution is 2.41. The molecule has 0 aliphatic rings. The highest BCUT2D eigenvalue weighted by molar-refractivity contribution is 7.25. The molecule has 2 N–H and O–H groups in total. The van der Waals surface area contributed by atoms with E-state index in [1.165, 1.54) is 30.9 Å². The van der Waals surface area contributed by atoms with Crippen molar-refractivity contribution in [3.63, 3.8) is 0 Å². The summed E-state index contributed by atoms with van der Waals surface area (Å²) in [5, 5.41) is 7.20. The van der Waals surface area contributed by atoms with E-state index >= 15 is 0 Å². The molecule has 0 saturated heterocycles. The van der Waals surface area contributed by atoms with Crippen molar-refractivity contribution in [2.75, 3.05) is 0 Å². The van der Waals surface area contributed by atoms with Crippen LogP contribution in [0.3, 0.4) is 0 Å². The van der Waals surface area contributed by atoms with E-state index in [0.717, 1.165) is 49.8 Å². The Balaban J connectivity index is 1.17. The van der Waals surface area contributed by atoms with Crippen LogP contribution in [0, 0.1) is 0 Å². The van der Waals surface area contributed by atoms with Crippen molar-refractivity contribution in [3.05, 3.63) is 168 Å². The van der Waals surface area contributed by atoms with Crippen LogP contribution in [0.5, 0.6) is 0 Å². The van der Waals surface area contributed by atoms with Gasteiger partial charge in [-0.1, -0.05) is 121 Å². The summed E-state index contributed by atoms with van der Waals surface area (Å²) in [7, 11) is 0. The molecule has 9 aromatic rings. The van der Waals surface area contributed by atoms with E-state index in [1.54, 1.807) is 0 Å². The number of thiophene rings is 1. The van der Waals surface area contributed by atoms with Crippen molar-refractivity contribution in [2.45, 2.75) is 6.54 Å². The van der Waals surface area contributed by atoms with Crippen LogP contribution in [0.2, 0.25) is 0 Å². The Kier molecular flexibility index (Phi) is 6.84. The first-order valence-electron chi connectivity index (χ1n) is 16.0. The summed E-state index contributed by atoms with van der Waals surface area (Å²) in [6, 6.07) is 52.4. The van der Waals surface area contributed by atoms with Gasteiger partial charge in [0.2, 0.25) is 0 Å². The predicted octanol–water partition coefficient (Wildman–Crippen LogP) is 11.1. The molecule has 4 nitrogen and oxygen atoms in total. The summed E-state index contributed by atoms with van der Waals surface area (Å²) in [5.74, 6) is 1.01. The van der Waals surface area contributed by atoms with Gasteiger partial charge >= 0.3 is 0 Å². The van der Waals surface area contributed by atoms with Crippen LogP contribution in [0.4, 0.5) is 0 Å². The maximum absolute atomic E-state index is 6.62. The van der Waals surface area contributed by atoms with Crippen LogP contribution in [0.25, 0.3) is 64.0 Å². The molecule has 0 saturated carbocycles. The third-order valence-corrected chi connectivity index (χ3v) is 10.1. The Bertz CT molecular complexity index is 2700. The first-order valence-corrected chi connectivity index (χ1v) is 16.8. The van der Waals surface area contributed by atoms with E-state index in [9.17, 15) is 0 Å². The lowest BCUT2D eigenvalue weighted by atomic mass is 9.96. The maximum Gasteiger partial charge on any atom is 0.157 e. The molecule has 228 valence electrons. The van der Waals surface area contributed by atoms with Crippen LogP contribution in [-0.4, -0.2) is 11.7 Å². The Morgan fingerprint density at radius 2 is 1.33 bits per heavy atom. The van der Waals surface area contributed by atoms with Crippen LogP contribution >= 0.6 is 11.3 Å². The number of furan rings is 1. The Labute approximate surface area is 281 Å². The summed E-state index contributed by atoms with van der Waals surface area (Å²) in [5.41, 5.74) is 13.2. The molecule has 9 rings (SSSR count). The van der Waals surface area contributed by atoms with Gasteiger partial charge in [-0.2, -0.15) is 0 Å². The lowest BCUT2D eigenvalue weighted by Gasteiger charge is -2.09. The molecule has 48 heavy (non-hydrogen) atoms. The monoisotopic (exact) mass is 635 g/mol. The van der Waals surface area contributed by atoms with Gasteiger partial charge in [0.25, 0.3) is 0 Å². The Morgan fingerprint density at radius 1 is 0.604 bits per heavy atom. The zero-order valence-corrected chi connectivity index (χ0v) is 26.7. The smallest absolute Gasteiger partial charge is 0.157 e. The van der Waals surface area contributed by atoms with E-state index < -0.39 is 0 Å². The lowest BCUT2D eigenvalue weighted by molar-refractivity contribution is 0.669. The van der Waals surface area contributed by atoms with Gasteiger partial charge in [0.05, 0.1) is 6.54 Å². The van der Waals surface area contributed by atoms with Gasteiger partial charge in [-0.15, -0.1) is 11.3 Å². The average Bonchev–Trinajstić information content (AvgIpc) is 3.71. The van der Waals surface area contributed by atoms with Gasteiger partial charge in [-0.3, -0.25) is 4.99 Å². The lowest BCUT2D eigenvalue weighted by Crippen LogP contribution is -2.16. The van der Waals surface area contributed by atoms with Crippen molar-refractivity contribution in [1.82, 2.24) is 0 Å². The maximum atomic E-state index is 6.62. The second-order valence-corrected chi connectivity index (χ2v) is 13.0. The molecule has 0 aliphatic heterocycles. The number of hydrogen-bond donors (Lipinski definition) is 1. The minimum Gasteiger partial charge on any atom is -0.455 e. The number of rotatable bonds is 5. The molecule has 0 unspecified atom stereocenters. The number of nitrogens with zero attached hydrogens (tertiary/aromatic N) is 2. The van der Waals surface area contributed by atoms with E-state index in [0.29, 0.717) is 18.2 Å². The molecule has 0 atom stereocenters. The Morgan fingerprint density at radius 3 is 2.17 bits per heavy atom. The molecule has 2 heterocycles. The standard InChI is InChI=1S/C43H29N3OS/c44-42(27-11-3-1-4-12-27)46-43(28-13-5-2-6-14-28)45-26-31-21-22-33(41-40(31)35-16-7-9-17-37(35)47-41)30-20-19-29-24-36-34-15-8-10-18-38(34)48-39(36)25-32(29)23-30/h1-25H,26H2,(H2,44,45,46). The van der Waals surface area contributed by atoms with E-state index in [-0.39, 0.29) is 0 Å². The van der Waals surface area contributed by atoms with Gasteiger partial charge in [0, 0.05) is 47.6 Å². The minimum atomic E-state index is 0.414. The van der Waals surface area contributed by atoms with Crippen LogP contribution in [0.1, 0.15) is 16.7 Å². The van der Waals surface area contributed by atoms with E-state index in [2.05, 4.69) is 78.9 Å². The molecule has 0 amide bonds. The van der Waals surface area contributed by atoms with Gasteiger partial charge in [0.15, 0.2) is 5.84 Å². The molecule has 0 radical (unpaired) electrons. The summed E-state index contributed by atoms with van der Waals surface area (Å²) in [6.45, 7) is 0.414. The minimum absolute atomic E-state index is 0.414. The van der Waals surface area contributed by atoms with Crippen molar-refractivity contribution < 1.29 is 4.42 Å². The summed E-state index contributed by atoms with van der Waals surface area (Å²) in [4.78, 5) is 9.88. The highest BCUT2D eigenvalue weighted by Gasteiger charge is 2.17. The number of amidine groups is 2. The quantitative estimate of drug-likeness (QED) is 0.151. The van der Waals surface area contributed by atoms with Gasteiger partial charge in [-0.25, -0.2) is 4.99 Å². The Hall–Kier alpha value is -6.04. The normalized spacial score (nSPS) is 12.6. The zero-order chi connectivity index (χ0) is 32.0. The van der Waals surface area contributed by atoms with Crippen LogP contribution in [0.15, 0.2) is 166 Å². The fourth-order valence-corrected chi connectivity index (χ4v) is 7.75. The van der Waals surface area contributed by atoms with Crippen LogP contribution in [-0.2, 0) is 6.54 Å². The predicted molar refractivity (Wildman–Crippen MR) is 203 cm³/mol. The first kappa shape index (κ1) is 28.2. The third kappa shape index (κ3) is 4.93. The number of hydrogen-bond acceptors (Lipinski definition) is 3. The number of nitrogens with two attached hydrogens (primary N) is 1. The first-order chi connectivity index (χ1) is 23.7. The van der Waals surface area contributed by atoms with Crippen molar-refractivity contribution in [2.24, 2.45) is 15.7 Å². The van der Waals surface area contributed by atoms with Crippen LogP contribution < -0.4 is 5.73 Å². The van der Waals surface area contributed by atoms with Crippen molar-refractivity contribution in [1.29, 1.82) is 0 Å². The highest BCUT2D eigenvalue weighted by atomic mass is 32.1. The fraction of sp³-hybridized carbons (Fsp3) is 0.0233. The molecule has 5 heteroatoms. The summed E-state index contributed by atoms with van der Waals surface area (Å²) < 4.78 is 9.23. The number of para-hydroxylation sites is 1. The molecular weight excluding hydrogens is 607 g/mol. The molecule has 2 aromatic heterocycles. The molecular formula is C43H29N3OS. The van der Waals surface area contributed by atoms with Crippen molar-refractivity contribution >= 4 is 75.9 Å². The second-order valence-electron chi connectivity index (χ2n) is 12.0. The molecule has 0 spiro atoms. The molecule has 0 fully saturated rings. The topological polar surface area (TPSA) is 63.9 Å². The number of fused-ring (bicyclic) bond motifs is 7. The van der Waals surface area contributed by atoms with Gasteiger partial charge < -0.3 is 10.2 Å². The summed E-state index contributed by atoms with van der Waals surface area (Å²) >= 11 is 1.85. The number of benzene rings is 7. The van der Waals surface area contributed by atoms with E-state index in [1.807, 2.05) is 84.1 Å². The SMILES string of the molecule is N/C(=N\C(=N/Cc1ccc(-c2ccc3cc4c(cc3c2)sc2ccccc24)c2oc3ccccc3c12)c1ccccc1)c1ccccc1. The fourth-order valence-electron chi connectivity index (χ4n) is 6.62. The van der Waals surface area contributed by atoms with Crippen molar-refractivity contribution in [3.8, 4) is 11.1 Å². The molecule has 7 aromatic carbocycles. The largest absolute Gasteiger partial charge is 0.455 e. The van der Waals surface area contributed by atoms with Gasteiger partial charge in [0.1, 0.15) is 17.0 Å².